The van der Waals surface area contributed by atoms with Crippen molar-refractivity contribution in [3.8, 4) is 17.6 Å². The first kappa shape index (κ1) is 29.1. The summed E-state index contributed by atoms with van der Waals surface area (Å²) in [6.07, 6.45) is 6.02. The number of hydrogen-bond donors (Lipinski definition) is 1. The zero-order valence-electron chi connectivity index (χ0n) is 26.4. The summed E-state index contributed by atoms with van der Waals surface area (Å²) in [5.74, 6) is 0.791. The van der Waals surface area contributed by atoms with Gasteiger partial charge in [-0.15, -0.1) is 0 Å². The summed E-state index contributed by atoms with van der Waals surface area (Å²) in [6.45, 7) is 2.90. The summed E-state index contributed by atoms with van der Waals surface area (Å²) in [4.78, 5) is 40.3. The molecule has 11 heteroatoms. The Bertz CT molecular complexity index is 2150. The fourth-order valence-electron chi connectivity index (χ4n) is 8.16. The number of pyridine rings is 1. The fraction of sp³-hybridized carbons (Fsp3) is 0.378. The van der Waals surface area contributed by atoms with Gasteiger partial charge in [0.25, 0.3) is 11.8 Å². The van der Waals surface area contributed by atoms with Gasteiger partial charge in [-0.2, -0.15) is 5.26 Å². The third kappa shape index (κ3) is 4.69. The van der Waals surface area contributed by atoms with E-state index in [9.17, 15) is 9.59 Å². The van der Waals surface area contributed by atoms with Crippen LogP contribution in [0.5, 0.6) is 0 Å². The smallest absolute Gasteiger partial charge is 0.254 e. The number of nitriles is 1. The van der Waals surface area contributed by atoms with Gasteiger partial charge in [0.1, 0.15) is 17.0 Å². The number of fused-ring (bicyclic) bond motifs is 4. The van der Waals surface area contributed by atoms with Crippen LogP contribution in [0.15, 0.2) is 60.8 Å². The molecule has 0 radical (unpaired) electrons. The molecule has 2 amide bonds. The van der Waals surface area contributed by atoms with E-state index in [1.54, 1.807) is 41.4 Å². The zero-order valence-corrected chi connectivity index (χ0v) is 26.4. The number of hydrogen-bond acceptors (Lipinski definition) is 6. The molecule has 2 aliphatic heterocycles. The van der Waals surface area contributed by atoms with Crippen LogP contribution in [0, 0.1) is 34.9 Å². The van der Waals surface area contributed by atoms with Crippen LogP contribution < -0.4 is 5.73 Å². The van der Waals surface area contributed by atoms with E-state index in [4.69, 9.17) is 21.0 Å². The van der Waals surface area contributed by atoms with E-state index < -0.39 is 5.82 Å². The molecule has 2 saturated carbocycles. The normalized spacial score (nSPS) is 22.1. The standard InChI is InChI=1S/C37H35FN8O2/c38-28-12-27(37(48)45-20-26-9-10-30(45)32(26)40)13-29-33(28)46(19-23-16-43(17-23)36(47)24-7-5-21(15-39)6-8-24)35(42-29)31-14-25-2-1-11-41-34(25)44(31)18-22-3-4-22/h1-2,5-8,11-14,22-23,26,30,32H,3-4,9-10,16-20,40H2. The lowest BCUT2D eigenvalue weighted by Gasteiger charge is -2.39. The maximum Gasteiger partial charge on any atom is 0.254 e. The van der Waals surface area contributed by atoms with Gasteiger partial charge in [0, 0.05) is 73.4 Å². The number of aromatic nitrogens is 4. The molecule has 2 bridgehead atoms. The predicted octanol–water partition coefficient (Wildman–Crippen LogP) is 4.81. The van der Waals surface area contributed by atoms with Crippen molar-refractivity contribution in [1.29, 1.82) is 5.26 Å². The molecule has 9 rings (SSSR count). The Morgan fingerprint density at radius 1 is 0.917 bits per heavy atom. The van der Waals surface area contributed by atoms with Gasteiger partial charge in [0.05, 0.1) is 22.8 Å². The lowest BCUT2D eigenvalue weighted by atomic mass is 9.98. The molecule has 10 nitrogen and oxygen atoms in total. The average molecular weight is 643 g/mol. The summed E-state index contributed by atoms with van der Waals surface area (Å²) in [5.41, 5.74) is 10.3. The molecule has 4 fully saturated rings. The fourth-order valence-corrected chi connectivity index (χ4v) is 8.16. The Kier molecular flexibility index (Phi) is 6.66. The molecule has 3 atom stereocenters. The van der Waals surface area contributed by atoms with Crippen LogP contribution in [0.4, 0.5) is 4.39 Å². The van der Waals surface area contributed by atoms with E-state index in [0.29, 0.717) is 71.6 Å². The summed E-state index contributed by atoms with van der Waals surface area (Å²) in [5, 5.41) is 10.1. The van der Waals surface area contributed by atoms with Gasteiger partial charge < -0.3 is 24.7 Å². The number of carbonyl (C=O) groups excluding carboxylic acids is 2. The van der Waals surface area contributed by atoms with Crippen LogP contribution in [-0.2, 0) is 13.1 Å². The molecule has 2 saturated heterocycles. The maximum atomic E-state index is 16.4. The summed E-state index contributed by atoms with van der Waals surface area (Å²) < 4.78 is 20.5. The molecule has 4 aliphatic rings. The quantitative estimate of drug-likeness (QED) is 0.272. The highest BCUT2D eigenvalue weighted by molar-refractivity contribution is 5.99. The molecule has 5 aromatic rings. The van der Waals surface area contributed by atoms with Gasteiger partial charge in [-0.1, -0.05) is 0 Å². The highest BCUT2D eigenvalue weighted by Crippen LogP contribution is 2.39. The second-order valence-electron chi connectivity index (χ2n) is 14.1. The second-order valence-corrected chi connectivity index (χ2v) is 14.1. The first-order valence-corrected chi connectivity index (χ1v) is 16.9. The summed E-state index contributed by atoms with van der Waals surface area (Å²) in [7, 11) is 0. The highest BCUT2D eigenvalue weighted by Gasteiger charge is 2.47. The number of piperidine rings is 1. The Labute approximate surface area is 276 Å². The van der Waals surface area contributed by atoms with Crippen molar-refractivity contribution in [2.24, 2.45) is 23.5 Å². The molecular weight excluding hydrogens is 607 g/mol. The molecule has 2 aliphatic carbocycles. The molecule has 0 spiro atoms. The Morgan fingerprint density at radius 2 is 1.71 bits per heavy atom. The largest absolute Gasteiger partial charge is 0.338 e. The predicted molar refractivity (Wildman–Crippen MR) is 177 cm³/mol. The summed E-state index contributed by atoms with van der Waals surface area (Å²) in [6, 6.07) is 17.8. The highest BCUT2D eigenvalue weighted by atomic mass is 19.1. The van der Waals surface area contributed by atoms with Gasteiger partial charge >= 0.3 is 0 Å². The lowest BCUT2D eigenvalue weighted by molar-refractivity contribution is 0.0471. The third-order valence-electron chi connectivity index (χ3n) is 10.9. The second kappa shape index (κ2) is 11.0. The van der Waals surface area contributed by atoms with Crippen LogP contribution in [0.25, 0.3) is 33.6 Å². The van der Waals surface area contributed by atoms with Gasteiger partial charge in [-0.3, -0.25) is 9.59 Å². The minimum absolute atomic E-state index is 0.00596. The number of imidazole rings is 1. The lowest BCUT2D eigenvalue weighted by Crippen LogP contribution is -2.51. The Balaban J connectivity index is 1.09. The van der Waals surface area contributed by atoms with Crippen LogP contribution >= 0.6 is 0 Å². The van der Waals surface area contributed by atoms with Gasteiger partial charge in [0.2, 0.25) is 0 Å². The van der Waals surface area contributed by atoms with Crippen molar-refractivity contribution < 1.29 is 14.0 Å². The number of halogens is 1. The van der Waals surface area contributed by atoms with Crippen molar-refractivity contribution in [1.82, 2.24) is 28.9 Å². The SMILES string of the molecule is N#Cc1ccc(C(=O)N2CC(Cn3c(-c4cc5cccnc5n4CC4CC4)nc4cc(C(=O)N5CC6CCC5C6N)cc(F)c43)C2)cc1. The molecule has 48 heavy (non-hydrogen) atoms. The summed E-state index contributed by atoms with van der Waals surface area (Å²) >= 11 is 0. The number of likely N-dealkylation sites (tertiary alicyclic amines) is 2. The first-order valence-electron chi connectivity index (χ1n) is 16.9. The van der Waals surface area contributed by atoms with Crippen molar-refractivity contribution >= 4 is 33.9 Å². The monoisotopic (exact) mass is 642 g/mol. The number of nitrogens with two attached hydrogens (primary N) is 1. The Morgan fingerprint density at radius 3 is 2.42 bits per heavy atom. The molecule has 3 aromatic heterocycles. The average Bonchev–Trinajstić information content (AvgIpc) is 3.43. The van der Waals surface area contributed by atoms with E-state index in [2.05, 4.69) is 16.7 Å². The molecule has 242 valence electrons. The van der Waals surface area contributed by atoms with Gasteiger partial charge in [0.15, 0.2) is 5.82 Å². The van der Waals surface area contributed by atoms with Gasteiger partial charge in [-0.05, 0) is 92.1 Å². The van der Waals surface area contributed by atoms with E-state index >= 15 is 4.39 Å². The van der Waals surface area contributed by atoms with Crippen molar-refractivity contribution in [2.45, 2.75) is 50.9 Å². The number of amides is 2. The third-order valence-corrected chi connectivity index (χ3v) is 10.9. The van der Waals surface area contributed by atoms with Crippen molar-refractivity contribution in [3.63, 3.8) is 0 Å². The first-order chi connectivity index (χ1) is 23.4. The van der Waals surface area contributed by atoms with Crippen LogP contribution in [0.3, 0.4) is 0 Å². The van der Waals surface area contributed by atoms with Crippen LogP contribution in [0.1, 0.15) is 52.0 Å². The number of nitrogens with zero attached hydrogens (tertiary/aromatic N) is 7. The van der Waals surface area contributed by atoms with Gasteiger partial charge in [-0.25, -0.2) is 14.4 Å². The van der Waals surface area contributed by atoms with Crippen molar-refractivity contribution in [3.05, 3.63) is 83.3 Å². The van der Waals surface area contributed by atoms with E-state index in [0.717, 1.165) is 49.0 Å². The molecular formula is C37H35FN8O2. The van der Waals surface area contributed by atoms with E-state index in [-0.39, 0.29) is 29.8 Å². The van der Waals surface area contributed by atoms with E-state index in [1.807, 2.05) is 21.6 Å². The molecule has 2 N–H and O–H groups in total. The molecule has 3 unspecified atom stereocenters. The molecule has 2 aromatic carbocycles. The maximum absolute atomic E-state index is 16.4. The van der Waals surface area contributed by atoms with Crippen LogP contribution in [0.2, 0.25) is 0 Å². The minimum atomic E-state index is -0.490. The van der Waals surface area contributed by atoms with Crippen LogP contribution in [-0.4, -0.2) is 72.4 Å². The Hall–Kier alpha value is -5.08. The van der Waals surface area contributed by atoms with E-state index in [1.165, 1.54) is 6.07 Å². The number of benzene rings is 2. The minimum Gasteiger partial charge on any atom is -0.338 e. The topological polar surface area (TPSA) is 126 Å². The zero-order chi connectivity index (χ0) is 32.7. The number of rotatable bonds is 7. The molecule has 5 heterocycles. The number of carbonyl (C=O) groups is 2. The van der Waals surface area contributed by atoms with Crippen molar-refractivity contribution in [2.75, 3.05) is 19.6 Å².